The van der Waals surface area contributed by atoms with E-state index in [9.17, 15) is 13.2 Å². The number of hydrogen-bond donors (Lipinski definition) is 2. The van der Waals surface area contributed by atoms with Crippen molar-refractivity contribution >= 4 is 45.7 Å². The number of rotatable bonds is 5. The molecule has 0 saturated carbocycles. The summed E-state index contributed by atoms with van der Waals surface area (Å²) in [4.78, 5) is 2.91. The minimum atomic E-state index is -4.55. The quantitative estimate of drug-likeness (QED) is 0.412. The number of alkyl halides is 3. The summed E-state index contributed by atoms with van der Waals surface area (Å²) in [6.07, 6.45) is -2.57. The Morgan fingerprint density at radius 3 is 2.26 bits per heavy atom. The van der Waals surface area contributed by atoms with E-state index in [1.807, 2.05) is 0 Å². The molecule has 0 atom stereocenters. The molecule has 0 saturated heterocycles. The van der Waals surface area contributed by atoms with Crippen molar-refractivity contribution in [2.45, 2.75) is 25.4 Å². The minimum absolute atomic E-state index is 0.0192. The zero-order valence-corrected chi connectivity index (χ0v) is 16.3. The Balaban J connectivity index is 2.33. The zero-order chi connectivity index (χ0) is 19.8. The first-order valence-electron chi connectivity index (χ1n) is 8.29. The Morgan fingerprint density at radius 2 is 1.67 bits per heavy atom. The highest BCUT2D eigenvalue weighted by Gasteiger charge is 2.35. The topological polar surface area (TPSA) is 41.8 Å². The summed E-state index contributed by atoms with van der Waals surface area (Å²) in [7, 11) is 0. The number of aromatic nitrogens is 1. The molecule has 3 N–H and O–H groups in total. The van der Waals surface area contributed by atoms with Gasteiger partial charge in [0.1, 0.15) is 0 Å². The second-order valence-electron chi connectivity index (χ2n) is 6.19. The summed E-state index contributed by atoms with van der Waals surface area (Å²) < 4.78 is 40.7. The smallest absolute Gasteiger partial charge is 0.354 e. The lowest BCUT2D eigenvalue weighted by Gasteiger charge is -2.09. The van der Waals surface area contributed by atoms with Gasteiger partial charge in [-0.1, -0.05) is 40.9 Å². The fraction of sp³-hybridized carbons (Fsp3) is 0.263. The van der Waals surface area contributed by atoms with Crippen LogP contribution in [0.3, 0.4) is 0 Å². The number of hydrogen-bond acceptors (Lipinski definition) is 1. The van der Waals surface area contributed by atoms with Gasteiger partial charge in [0, 0.05) is 16.0 Å². The molecule has 0 unspecified atom stereocenters. The van der Waals surface area contributed by atoms with Gasteiger partial charge in [0.05, 0.1) is 26.8 Å². The molecule has 0 bridgehead atoms. The second-order valence-corrected chi connectivity index (χ2v) is 7.45. The van der Waals surface area contributed by atoms with Crippen LogP contribution in [0.4, 0.5) is 13.2 Å². The molecule has 3 aromatic rings. The fourth-order valence-electron chi connectivity index (χ4n) is 3.19. The summed E-state index contributed by atoms with van der Waals surface area (Å²) in [5, 5.41) is 1.14. The van der Waals surface area contributed by atoms with Crippen LogP contribution >= 0.6 is 34.8 Å². The zero-order valence-electron chi connectivity index (χ0n) is 14.1. The third-order valence-electron chi connectivity index (χ3n) is 4.38. The lowest BCUT2D eigenvalue weighted by Crippen LogP contribution is -2.05. The second kappa shape index (κ2) is 7.92. The first-order valence-corrected chi connectivity index (χ1v) is 9.43. The highest BCUT2D eigenvalue weighted by Crippen LogP contribution is 2.43. The van der Waals surface area contributed by atoms with Crippen LogP contribution in [-0.2, 0) is 12.6 Å². The molecule has 0 spiro atoms. The molecule has 2 nitrogen and oxygen atoms in total. The number of nitrogens with two attached hydrogens (primary N) is 1. The van der Waals surface area contributed by atoms with Crippen LogP contribution in [0.1, 0.15) is 24.0 Å². The van der Waals surface area contributed by atoms with E-state index in [0.717, 1.165) is 12.5 Å². The van der Waals surface area contributed by atoms with Gasteiger partial charge in [0.25, 0.3) is 0 Å². The normalized spacial score (nSPS) is 12.1. The van der Waals surface area contributed by atoms with Crippen molar-refractivity contribution in [3.8, 4) is 11.3 Å². The van der Waals surface area contributed by atoms with E-state index in [1.54, 1.807) is 18.2 Å². The van der Waals surface area contributed by atoms with Crippen LogP contribution in [0.2, 0.25) is 15.1 Å². The van der Waals surface area contributed by atoms with Gasteiger partial charge < -0.3 is 10.7 Å². The van der Waals surface area contributed by atoms with Gasteiger partial charge in [0.15, 0.2) is 0 Å². The summed E-state index contributed by atoms with van der Waals surface area (Å²) in [6, 6.07) is 7.44. The van der Waals surface area contributed by atoms with Crippen molar-refractivity contribution < 1.29 is 13.2 Å². The molecule has 1 heterocycles. The standard InChI is InChI=1S/C19H16Cl3F3N2/c20-10-8-12-11(4-1-2-7-26)18(16-14(21)5-3-6-15(16)22)27-17(12)13(9-10)19(23,24)25/h3,5-6,8-9,27H,1-2,4,7,26H2. The van der Waals surface area contributed by atoms with E-state index in [-0.39, 0.29) is 10.5 Å². The number of nitrogens with one attached hydrogen (secondary N) is 1. The lowest BCUT2D eigenvalue weighted by atomic mass is 9.99. The van der Waals surface area contributed by atoms with Gasteiger partial charge >= 0.3 is 6.18 Å². The van der Waals surface area contributed by atoms with Gasteiger partial charge in [-0.05, 0) is 55.6 Å². The molecule has 0 amide bonds. The Morgan fingerprint density at radius 1 is 1.00 bits per heavy atom. The SMILES string of the molecule is NCCCCc1c(-c2c(Cl)cccc2Cl)[nH]c2c(C(F)(F)F)cc(Cl)cc12. The number of H-pyrrole nitrogens is 1. The predicted octanol–water partition coefficient (Wildman–Crippen LogP) is 7.10. The van der Waals surface area contributed by atoms with Gasteiger partial charge in [-0.2, -0.15) is 13.2 Å². The number of aryl methyl sites for hydroxylation is 1. The summed E-state index contributed by atoms with van der Waals surface area (Å²) in [5.41, 5.74) is 6.37. The van der Waals surface area contributed by atoms with Crippen LogP contribution in [-0.4, -0.2) is 11.5 Å². The van der Waals surface area contributed by atoms with Crippen molar-refractivity contribution in [3.05, 3.63) is 56.5 Å². The third kappa shape index (κ3) is 4.06. The molecule has 0 fully saturated rings. The molecule has 0 aliphatic heterocycles. The fourth-order valence-corrected chi connectivity index (χ4v) is 4.00. The maximum Gasteiger partial charge on any atom is 0.418 e. The number of aromatic amines is 1. The monoisotopic (exact) mass is 434 g/mol. The first-order chi connectivity index (χ1) is 12.7. The molecule has 144 valence electrons. The summed E-state index contributed by atoms with van der Waals surface area (Å²) in [6.45, 7) is 0.499. The molecule has 3 rings (SSSR count). The molecule has 8 heteroatoms. The van der Waals surface area contributed by atoms with Gasteiger partial charge in [-0.15, -0.1) is 0 Å². The Hall–Kier alpha value is -1.40. The Labute approximate surface area is 169 Å². The van der Waals surface area contributed by atoms with E-state index in [4.69, 9.17) is 40.5 Å². The van der Waals surface area contributed by atoms with E-state index >= 15 is 0 Å². The summed E-state index contributed by atoms with van der Waals surface area (Å²) in [5.74, 6) is 0. The highest BCUT2D eigenvalue weighted by molar-refractivity contribution is 6.39. The predicted molar refractivity (Wildman–Crippen MR) is 106 cm³/mol. The molecule has 1 aromatic heterocycles. The molecule has 0 aliphatic rings. The first kappa shape index (κ1) is 20.3. The molecule has 0 radical (unpaired) electrons. The number of fused-ring (bicyclic) bond motifs is 1. The number of unbranched alkanes of at least 4 members (excludes halogenated alkanes) is 1. The van der Waals surface area contributed by atoms with E-state index in [2.05, 4.69) is 4.98 Å². The average molecular weight is 436 g/mol. The van der Waals surface area contributed by atoms with Crippen molar-refractivity contribution in [1.29, 1.82) is 0 Å². The maximum atomic E-state index is 13.6. The lowest BCUT2D eigenvalue weighted by molar-refractivity contribution is -0.136. The highest BCUT2D eigenvalue weighted by atomic mass is 35.5. The average Bonchev–Trinajstić information content (AvgIpc) is 2.91. The van der Waals surface area contributed by atoms with Crippen molar-refractivity contribution in [1.82, 2.24) is 4.98 Å². The van der Waals surface area contributed by atoms with Crippen LogP contribution in [0.25, 0.3) is 22.2 Å². The van der Waals surface area contributed by atoms with Crippen LogP contribution in [0.15, 0.2) is 30.3 Å². The maximum absolute atomic E-state index is 13.6. The van der Waals surface area contributed by atoms with E-state index in [0.29, 0.717) is 51.6 Å². The summed E-state index contributed by atoms with van der Waals surface area (Å²) >= 11 is 18.6. The number of benzene rings is 2. The van der Waals surface area contributed by atoms with Gasteiger partial charge in [-0.25, -0.2) is 0 Å². The van der Waals surface area contributed by atoms with Gasteiger partial charge in [0.2, 0.25) is 0 Å². The molecular weight excluding hydrogens is 420 g/mol. The number of halogens is 6. The molecule has 27 heavy (non-hydrogen) atoms. The van der Waals surface area contributed by atoms with E-state index in [1.165, 1.54) is 6.07 Å². The molecule has 2 aromatic carbocycles. The Kier molecular flexibility index (Phi) is 5.96. The van der Waals surface area contributed by atoms with Crippen LogP contribution < -0.4 is 5.73 Å². The van der Waals surface area contributed by atoms with Crippen molar-refractivity contribution in [2.75, 3.05) is 6.54 Å². The van der Waals surface area contributed by atoms with Crippen LogP contribution in [0.5, 0.6) is 0 Å². The van der Waals surface area contributed by atoms with Crippen molar-refractivity contribution in [2.24, 2.45) is 5.73 Å². The molecular formula is C19H16Cl3F3N2. The van der Waals surface area contributed by atoms with Crippen LogP contribution in [0, 0.1) is 0 Å². The Bertz CT molecular complexity index is 960. The van der Waals surface area contributed by atoms with Gasteiger partial charge in [-0.3, -0.25) is 0 Å². The van der Waals surface area contributed by atoms with Crippen molar-refractivity contribution in [3.63, 3.8) is 0 Å². The minimum Gasteiger partial charge on any atom is -0.354 e. The molecule has 0 aliphatic carbocycles. The largest absolute Gasteiger partial charge is 0.418 e. The third-order valence-corrected chi connectivity index (χ3v) is 5.23. The van der Waals surface area contributed by atoms with E-state index < -0.39 is 11.7 Å².